The van der Waals surface area contributed by atoms with Crippen LogP contribution >= 0.6 is 0 Å². The van der Waals surface area contributed by atoms with Crippen LogP contribution in [-0.4, -0.2) is 29.0 Å². The Labute approximate surface area is 138 Å². The molecule has 2 aromatic rings. The lowest BCUT2D eigenvalue weighted by Crippen LogP contribution is -2.48. The number of aromatic nitrogens is 1. The van der Waals surface area contributed by atoms with Crippen molar-refractivity contribution in [2.24, 2.45) is 0 Å². The van der Waals surface area contributed by atoms with Gasteiger partial charge in [-0.15, -0.1) is 0 Å². The lowest BCUT2D eigenvalue weighted by molar-refractivity contribution is -0.136. The van der Waals surface area contributed by atoms with Crippen LogP contribution in [0.25, 0.3) is 0 Å². The van der Waals surface area contributed by atoms with Crippen LogP contribution in [0.3, 0.4) is 0 Å². The zero-order valence-corrected chi connectivity index (χ0v) is 13.6. The van der Waals surface area contributed by atoms with Gasteiger partial charge in [0.05, 0.1) is 12.7 Å². The number of ether oxygens (including phenoxy) is 2. The molecule has 124 valence electrons. The zero-order valence-electron chi connectivity index (χ0n) is 13.6. The highest BCUT2D eigenvalue weighted by Gasteiger charge is 2.44. The second-order valence-electron chi connectivity index (χ2n) is 6.07. The van der Waals surface area contributed by atoms with Gasteiger partial charge in [0.25, 0.3) is 5.56 Å². The fourth-order valence-corrected chi connectivity index (χ4v) is 2.82. The van der Waals surface area contributed by atoms with Crippen molar-refractivity contribution in [1.82, 2.24) is 4.57 Å². The first-order chi connectivity index (χ1) is 11.3. The number of ketones is 1. The van der Waals surface area contributed by atoms with E-state index < -0.39 is 17.6 Å². The summed E-state index contributed by atoms with van der Waals surface area (Å²) in [6, 6.07) is 8.55. The smallest absolute Gasteiger partial charge is 0.337 e. The molecule has 1 atom stereocenters. The number of esters is 1. The molecular weight excluding hydrogens is 310 g/mol. The molecule has 0 bridgehead atoms. The van der Waals surface area contributed by atoms with Gasteiger partial charge < -0.3 is 14.0 Å². The van der Waals surface area contributed by atoms with Gasteiger partial charge in [-0.2, -0.15) is 0 Å². The molecule has 0 spiro atoms. The van der Waals surface area contributed by atoms with Gasteiger partial charge in [0.15, 0.2) is 5.60 Å². The van der Waals surface area contributed by atoms with Crippen LogP contribution in [0.1, 0.15) is 35.8 Å². The molecule has 1 aliphatic rings. The van der Waals surface area contributed by atoms with Gasteiger partial charge in [0.2, 0.25) is 5.78 Å². The van der Waals surface area contributed by atoms with E-state index in [4.69, 9.17) is 9.47 Å². The van der Waals surface area contributed by atoms with E-state index in [-0.39, 0.29) is 11.3 Å². The van der Waals surface area contributed by atoms with E-state index >= 15 is 0 Å². The molecule has 2 heterocycles. The second kappa shape index (κ2) is 5.63. The molecule has 24 heavy (non-hydrogen) atoms. The maximum Gasteiger partial charge on any atom is 0.337 e. The number of hydrogen-bond acceptors (Lipinski definition) is 5. The maximum absolute atomic E-state index is 12.9. The van der Waals surface area contributed by atoms with Gasteiger partial charge in [-0.3, -0.25) is 9.59 Å². The van der Waals surface area contributed by atoms with Crippen molar-refractivity contribution in [3.63, 3.8) is 0 Å². The molecule has 3 rings (SSSR count). The minimum atomic E-state index is -1.08. The van der Waals surface area contributed by atoms with Crippen molar-refractivity contribution in [3.05, 3.63) is 64.1 Å². The molecule has 0 aliphatic carbocycles. The molecule has 1 aromatic heterocycles. The van der Waals surface area contributed by atoms with E-state index in [9.17, 15) is 14.4 Å². The first kappa shape index (κ1) is 16.0. The van der Waals surface area contributed by atoms with Crippen molar-refractivity contribution in [2.45, 2.75) is 25.5 Å². The highest BCUT2D eigenvalue weighted by Crippen LogP contribution is 2.39. The van der Waals surface area contributed by atoms with E-state index in [2.05, 4.69) is 0 Å². The quantitative estimate of drug-likeness (QED) is 0.788. The normalized spacial score (nSPS) is 18.5. The van der Waals surface area contributed by atoms with Crippen LogP contribution in [0.4, 0.5) is 0 Å². The van der Waals surface area contributed by atoms with Gasteiger partial charge in [-0.05, 0) is 38.1 Å². The van der Waals surface area contributed by atoms with Crippen molar-refractivity contribution in [1.29, 1.82) is 0 Å². The molecule has 0 amide bonds. The van der Waals surface area contributed by atoms with E-state index in [1.807, 2.05) is 0 Å². The lowest BCUT2D eigenvalue weighted by Gasteiger charge is -2.36. The predicted octanol–water partition coefficient (Wildman–Crippen LogP) is 1.96. The van der Waals surface area contributed by atoms with Crippen molar-refractivity contribution in [3.8, 4) is 5.75 Å². The number of benzene rings is 1. The monoisotopic (exact) mass is 327 g/mol. The average molecular weight is 327 g/mol. The van der Waals surface area contributed by atoms with Gasteiger partial charge in [0, 0.05) is 17.8 Å². The molecular formula is C18H17NO5. The third-order valence-corrected chi connectivity index (χ3v) is 4.06. The predicted molar refractivity (Wildman–Crippen MR) is 86.3 cm³/mol. The van der Waals surface area contributed by atoms with Crippen LogP contribution in [0.5, 0.6) is 5.75 Å². The Balaban J connectivity index is 2.25. The number of carbonyl (C=O) groups excluding carboxylic acids is 2. The molecule has 0 fully saturated rings. The maximum atomic E-state index is 12.9. The molecule has 1 aliphatic heterocycles. The Bertz CT molecular complexity index is 881. The van der Waals surface area contributed by atoms with Gasteiger partial charge in [-0.25, -0.2) is 4.79 Å². The minimum absolute atomic E-state index is 0.259. The molecule has 1 unspecified atom stereocenters. The molecule has 0 saturated heterocycles. The van der Waals surface area contributed by atoms with Crippen LogP contribution < -0.4 is 10.3 Å². The van der Waals surface area contributed by atoms with E-state index in [0.29, 0.717) is 16.9 Å². The van der Waals surface area contributed by atoms with Crippen LogP contribution in [0.15, 0.2) is 47.4 Å². The average Bonchev–Trinajstić information content (AvgIpc) is 2.56. The molecule has 0 saturated carbocycles. The minimum Gasteiger partial charge on any atom is -0.480 e. The van der Waals surface area contributed by atoms with Crippen LogP contribution in [0, 0.1) is 0 Å². The lowest BCUT2D eigenvalue weighted by atomic mass is 9.87. The van der Waals surface area contributed by atoms with E-state index in [0.717, 1.165) is 0 Å². The second-order valence-corrected chi connectivity index (χ2v) is 6.07. The fourth-order valence-electron chi connectivity index (χ4n) is 2.82. The standard InChI is InChI=1S/C18H17NO5/c1-18(2)16(21)15(19-9-5-4-6-14(19)20)12-10-11(17(22)23-3)7-8-13(12)24-18/h4-10,15H,1-3H3. The summed E-state index contributed by atoms with van der Waals surface area (Å²) in [7, 11) is 1.28. The number of fused-ring (bicyclic) bond motifs is 1. The third-order valence-electron chi connectivity index (χ3n) is 4.06. The summed E-state index contributed by atoms with van der Waals surface area (Å²) in [5.41, 5.74) is -0.625. The number of hydrogen-bond donors (Lipinski definition) is 0. The Morgan fingerprint density at radius 3 is 2.62 bits per heavy atom. The van der Waals surface area contributed by atoms with E-state index in [1.165, 1.54) is 17.7 Å². The highest BCUT2D eigenvalue weighted by atomic mass is 16.5. The number of carbonyl (C=O) groups is 2. The van der Waals surface area contributed by atoms with Gasteiger partial charge in [0.1, 0.15) is 11.8 Å². The molecule has 1 aromatic carbocycles. The first-order valence-corrected chi connectivity index (χ1v) is 7.48. The molecule has 6 heteroatoms. The van der Waals surface area contributed by atoms with Crippen molar-refractivity contribution >= 4 is 11.8 Å². The largest absolute Gasteiger partial charge is 0.480 e. The molecule has 6 nitrogen and oxygen atoms in total. The number of rotatable bonds is 2. The molecule has 0 radical (unpaired) electrons. The summed E-state index contributed by atoms with van der Waals surface area (Å²) >= 11 is 0. The fraction of sp³-hybridized carbons (Fsp3) is 0.278. The summed E-state index contributed by atoms with van der Waals surface area (Å²) in [6.45, 7) is 3.32. The third kappa shape index (κ3) is 2.50. The Morgan fingerprint density at radius 2 is 1.96 bits per heavy atom. The summed E-state index contributed by atoms with van der Waals surface area (Å²) in [4.78, 5) is 37.0. The summed E-state index contributed by atoms with van der Waals surface area (Å²) in [5.74, 6) is -0.312. The van der Waals surface area contributed by atoms with Gasteiger partial charge >= 0.3 is 5.97 Å². The number of nitrogens with zero attached hydrogens (tertiary/aromatic N) is 1. The Kier molecular flexibility index (Phi) is 3.75. The number of methoxy groups -OCH3 is 1. The summed E-state index contributed by atoms with van der Waals surface area (Å²) in [6.07, 6.45) is 1.56. The Hall–Kier alpha value is -2.89. The first-order valence-electron chi connectivity index (χ1n) is 7.48. The SMILES string of the molecule is COC(=O)c1ccc2c(c1)C(n1ccccc1=O)C(=O)C(C)(C)O2. The van der Waals surface area contributed by atoms with Crippen molar-refractivity contribution in [2.75, 3.05) is 7.11 Å². The summed E-state index contributed by atoms with van der Waals surface area (Å²) < 4.78 is 11.9. The zero-order chi connectivity index (χ0) is 17.5. The summed E-state index contributed by atoms with van der Waals surface area (Å²) in [5, 5.41) is 0. The highest BCUT2D eigenvalue weighted by molar-refractivity contribution is 5.96. The van der Waals surface area contributed by atoms with Crippen molar-refractivity contribution < 1.29 is 19.1 Å². The number of Topliss-reactive ketones (excluding diaryl/α,β-unsaturated/α-hetero) is 1. The van der Waals surface area contributed by atoms with Crippen LogP contribution in [-0.2, 0) is 9.53 Å². The topological polar surface area (TPSA) is 74.6 Å². The van der Waals surface area contributed by atoms with Crippen LogP contribution in [0.2, 0.25) is 0 Å². The number of pyridine rings is 1. The Morgan fingerprint density at radius 1 is 1.21 bits per heavy atom. The van der Waals surface area contributed by atoms with E-state index in [1.54, 1.807) is 50.4 Å². The molecule has 0 N–H and O–H groups in total. The van der Waals surface area contributed by atoms with Gasteiger partial charge in [-0.1, -0.05) is 6.07 Å².